The molecule has 0 unspecified atom stereocenters. The maximum atomic E-state index is 12.3. The minimum Gasteiger partial charge on any atom is -0.486 e. The van der Waals surface area contributed by atoms with Crippen LogP contribution in [-0.2, 0) is 14.3 Å². The number of benzene rings is 2. The van der Waals surface area contributed by atoms with Gasteiger partial charge in [-0.05, 0) is 49.7 Å². The van der Waals surface area contributed by atoms with Gasteiger partial charge in [-0.25, -0.2) is 4.79 Å². The molecule has 28 heavy (non-hydrogen) atoms. The van der Waals surface area contributed by atoms with E-state index in [0.29, 0.717) is 41.2 Å². The topological polar surface area (TPSA) is 83.1 Å². The van der Waals surface area contributed by atoms with Crippen LogP contribution in [0, 0.1) is 6.92 Å². The van der Waals surface area contributed by atoms with Gasteiger partial charge in [-0.3, -0.25) is 4.79 Å². The molecule has 1 aliphatic rings. The van der Waals surface area contributed by atoms with E-state index in [1.807, 2.05) is 6.92 Å². The summed E-state index contributed by atoms with van der Waals surface area (Å²) in [7, 11) is 0. The van der Waals surface area contributed by atoms with Gasteiger partial charge in [-0.15, -0.1) is 0 Å². The monoisotopic (exact) mass is 405 g/mol. The van der Waals surface area contributed by atoms with E-state index in [4.69, 9.17) is 30.5 Å². The highest BCUT2D eigenvalue weighted by atomic mass is 35.5. The molecule has 0 spiro atoms. The Hall–Kier alpha value is -2.93. The number of halogens is 1. The number of anilines is 1. The van der Waals surface area contributed by atoms with E-state index in [0.717, 1.165) is 5.56 Å². The van der Waals surface area contributed by atoms with E-state index in [1.54, 1.807) is 36.4 Å². The largest absolute Gasteiger partial charge is 0.486 e. The molecule has 8 heteroatoms. The number of fused-ring (bicyclic) bond motifs is 1. The maximum Gasteiger partial charge on any atom is 0.344 e. The normalized spacial score (nSPS) is 13.4. The highest BCUT2D eigenvalue weighted by Crippen LogP contribution is 2.32. The number of nitrogens with one attached hydrogen (secondary N) is 1. The minimum absolute atomic E-state index is 0.317. The number of ether oxygens (including phenoxy) is 4. The molecular formula is C20H20ClNO6. The number of hydrogen-bond donors (Lipinski definition) is 1. The predicted octanol–water partition coefficient (Wildman–Crippen LogP) is 3.37. The summed E-state index contributed by atoms with van der Waals surface area (Å²) in [4.78, 5) is 24.2. The molecule has 1 N–H and O–H groups in total. The van der Waals surface area contributed by atoms with Gasteiger partial charge in [0.05, 0.1) is 0 Å². The van der Waals surface area contributed by atoms with Crippen LogP contribution in [0.2, 0.25) is 5.02 Å². The summed E-state index contributed by atoms with van der Waals surface area (Å²) >= 11 is 5.95. The quantitative estimate of drug-likeness (QED) is 0.742. The first-order valence-electron chi connectivity index (χ1n) is 8.71. The Labute approximate surface area is 167 Å². The summed E-state index contributed by atoms with van der Waals surface area (Å²) < 4.78 is 21.4. The van der Waals surface area contributed by atoms with Crippen molar-refractivity contribution >= 4 is 29.2 Å². The van der Waals surface area contributed by atoms with Crippen molar-refractivity contribution in [2.45, 2.75) is 20.0 Å². The fraction of sp³-hybridized carbons (Fsp3) is 0.300. The molecule has 2 aromatic rings. The molecule has 2 aromatic carbocycles. The number of rotatable bonds is 6. The maximum absolute atomic E-state index is 12.3. The zero-order valence-electron chi connectivity index (χ0n) is 15.5. The predicted molar refractivity (Wildman–Crippen MR) is 103 cm³/mol. The van der Waals surface area contributed by atoms with Crippen molar-refractivity contribution in [3.63, 3.8) is 0 Å². The van der Waals surface area contributed by atoms with Crippen molar-refractivity contribution in [2.24, 2.45) is 0 Å². The lowest BCUT2D eigenvalue weighted by Crippen LogP contribution is -2.31. The van der Waals surface area contributed by atoms with Crippen molar-refractivity contribution in [1.29, 1.82) is 0 Å². The summed E-state index contributed by atoms with van der Waals surface area (Å²) in [5.41, 5.74) is 1.35. The van der Waals surface area contributed by atoms with Gasteiger partial charge < -0.3 is 24.3 Å². The van der Waals surface area contributed by atoms with Crippen LogP contribution < -0.4 is 19.5 Å². The number of esters is 1. The number of hydrogen-bond acceptors (Lipinski definition) is 6. The second-order valence-corrected chi connectivity index (χ2v) is 6.59. The second-order valence-electron chi connectivity index (χ2n) is 6.18. The Morgan fingerprint density at radius 2 is 1.89 bits per heavy atom. The fourth-order valence-electron chi connectivity index (χ4n) is 2.50. The van der Waals surface area contributed by atoms with Gasteiger partial charge in [0.2, 0.25) is 0 Å². The van der Waals surface area contributed by atoms with Gasteiger partial charge in [0, 0.05) is 16.8 Å². The number of amides is 1. The zero-order valence-corrected chi connectivity index (χ0v) is 16.2. The highest BCUT2D eigenvalue weighted by molar-refractivity contribution is 6.31. The van der Waals surface area contributed by atoms with Crippen LogP contribution in [0.3, 0.4) is 0 Å². The van der Waals surface area contributed by atoms with Crippen molar-refractivity contribution in [3.8, 4) is 17.2 Å². The molecule has 0 saturated heterocycles. The van der Waals surface area contributed by atoms with Gasteiger partial charge in [0.1, 0.15) is 19.0 Å². The molecule has 0 radical (unpaired) electrons. The van der Waals surface area contributed by atoms with Crippen LogP contribution in [0.1, 0.15) is 12.5 Å². The third kappa shape index (κ3) is 5.07. The van der Waals surface area contributed by atoms with E-state index in [2.05, 4.69) is 5.32 Å². The highest BCUT2D eigenvalue weighted by Gasteiger charge is 2.20. The molecule has 1 atom stereocenters. The molecule has 0 aromatic heterocycles. The zero-order chi connectivity index (χ0) is 20.1. The van der Waals surface area contributed by atoms with Crippen LogP contribution in [0.4, 0.5) is 5.69 Å². The van der Waals surface area contributed by atoms with Gasteiger partial charge in [-0.2, -0.15) is 0 Å². The molecule has 0 bridgehead atoms. The SMILES string of the molecule is Cc1cc(OCC(=O)O[C@H](C)C(=O)Nc2ccc3c(c2)OCCO3)ccc1Cl. The van der Waals surface area contributed by atoms with E-state index >= 15 is 0 Å². The Bertz CT molecular complexity index is 885. The molecular weight excluding hydrogens is 386 g/mol. The lowest BCUT2D eigenvalue weighted by atomic mass is 10.2. The molecule has 3 rings (SSSR count). The number of carbonyl (C=O) groups excluding carboxylic acids is 2. The van der Waals surface area contributed by atoms with Crippen LogP contribution >= 0.6 is 11.6 Å². The Morgan fingerprint density at radius 3 is 2.64 bits per heavy atom. The lowest BCUT2D eigenvalue weighted by Gasteiger charge is -2.19. The second kappa shape index (κ2) is 8.84. The molecule has 0 saturated carbocycles. The average Bonchev–Trinajstić information content (AvgIpc) is 2.68. The van der Waals surface area contributed by atoms with E-state index in [1.165, 1.54) is 6.92 Å². The van der Waals surface area contributed by atoms with E-state index in [-0.39, 0.29) is 6.61 Å². The number of carbonyl (C=O) groups is 2. The third-order valence-electron chi connectivity index (χ3n) is 3.97. The number of aryl methyl sites for hydroxylation is 1. The Morgan fingerprint density at radius 1 is 1.14 bits per heavy atom. The standard InChI is InChI=1S/C20H20ClNO6/c1-12-9-15(4-5-16(12)21)27-11-19(23)28-13(2)20(24)22-14-3-6-17-18(10-14)26-8-7-25-17/h3-6,9-10,13H,7-8,11H2,1-2H3,(H,22,24)/t13-/m1/s1. The van der Waals surface area contributed by atoms with Crippen molar-refractivity contribution in [1.82, 2.24) is 0 Å². The van der Waals surface area contributed by atoms with Crippen LogP contribution in [0.15, 0.2) is 36.4 Å². The fourth-order valence-corrected chi connectivity index (χ4v) is 2.62. The summed E-state index contributed by atoms with van der Waals surface area (Å²) in [5.74, 6) is 0.552. The van der Waals surface area contributed by atoms with Gasteiger partial charge in [0.15, 0.2) is 24.2 Å². The molecule has 0 aliphatic carbocycles. The van der Waals surface area contributed by atoms with E-state index < -0.39 is 18.0 Å². The molecule has 1 heterocycles. The first-order chi connectivity index (χ1) is 13.4. The van der Waals surface area contributed by atoms with Crippen LogP contribution in [-0.4, -0.2) is 37.8 Å². The van der Waals surface area contributed by atoms with E-state index in [9.17, 15) is 9.59 Å². The minimum atomic E-state index is -0.990. The van der Waals surface area contributed by atoms with Crippen molar-refractivity contribution in [3.05, 3.63) is 47.0 Å². The van der Waals surface area contributed by atoms with Gasteiger partial charge in [0.25, 0.3) is 5.91 Å². The summed E-state index contributed by atoms with van der Waals surface area (Å²) in [6, 6.07) is 10.1. The molecule has 1 amide bonds. The van der Waals surface area contributed by atoms with Crippen LogP contribution in [0.25, 0.3) is 0 Å². The van der Waals surface area contributed by atoms with Gasteiger partial charge >= 0.3 is 5.97 Å². The molecule has 1 aliphatic heterocycles. The third-order valence-corrected chi connectivity index (χ3v) is 4.40. The molecule has 0 fully saturated rings. The lowest BCUT2D eigenvalue weighted by molar-refractivity contribution is -0.155. The van der Waals surface area contributed by atoms with Gasteiger partial charge in [-0.1, -0.05) is 11.6 Å². The summed E-state index contributed by atoms with van der Waals surface area (Å²) in [6.45, 7) is 3.94. The Balaban J connectivity index is 1.49. The van der Waals surface area contributed by atoms with Crippen LogP contribution in [0.5, 0.6) is 17.2 Å². The average molecular weight is 406 g/mol. The van der Waals surface area contributed by atoms with Crippen molar-refractivity contribution in [2.75, 3.05) is 25.1 Å². The molecule has 148 valence electrons. The first-order valence-corrected chi connectivity index (χ1v) is 9.09. The summed E-state index contributed by atoms with van der Waals surface area (Å²) in [5, 5.41) is 3.29. The molecule has 7 nitrogen and oxygen atoms in total. The van der Waals surface area contributed by atoms with Crippen molar-refractivity contribution < 1.29 is 28.5 Å². The summed E-state index contributed by atoms with van der Waals surface area (Å²) in [6.07, 6.45) is -0.990. The Kier molecular flexibility index (Phi) is 6.26. The first kappa shape index (κ1) is 19.8. The smallest absolute Gasteiger partial charge is 0.344 e.